The van der Waals surface area contributed by atoms with Gasteiger partial charge >= 0.3 is 0 Å². The van der Waals surface area contributed by atoms with E-state index in [0.29, 0.717) is 0 Å². The number of hydrogen-bond donors (Lipinski definition) is 0. The normalized spacial score (nSPS) is 10.1. The Kier molecular flexibility index (Phi) is 2.41. The van der Waals surface area contributed by atoms with E-state index in [-0.39, 0.29) is 5.28 Å². The topological polar surface area (TPSA) is 38.7 Å². The van der Waals surface area contributed by atoms with E-state index < -0.39 is 0 Å². The molecular weight excluding hydrogens is 198 g/mol. The predicted octanol–water partition coefficient (Wildman–Crippen LogP) is 2.50. The zero-order chi connectivity index (χ0) is 9.97. The Hall–Kier alpha value is -1.48. The lowest BCUT2D eigenvalue weighted by molar-refractivity contribution is 1.15. The summed E-state index contributed by atoms with van der Waals surface area (Å²) < 4.78 is 0. The molecule has 0 saturated carbocycles. The van der Waals surface area contributed by atoms with Crippen LogP contribution in [0.3, 0.4) is 0 Å². The van der Waals surface area contributed by atoms with Gasteiger partial charge in [-0.1, -0.05) is 0 Å². The summed E-state index contributed by atoms with van der Waals surface area (Å²) >= 11 is 5.68. The molecule has 2 aromatic heterocycles. The van der Waals surface area contributed by atoms with Crippen LogP contribution in [0, 0.1) is 6.92 Å². The SMILES string of the molecule is Cc1ccc(-c2ccnc(Cl)n2)cn1. The lowest BCUT2D eigenvalue weighted by Gasteiger charge is -1.99. The average molecular weight is 206 g/mol. The minimum Gasteiger partial charge on any atom is -0.261 e. The maximum atomic E-state index is 5.68. The van der Waals surface area contributed by atoms with Gasteiger partial charge in [0.2, 0.25) is 5.28 Å². The monoisotopic (exact) mass is 205 g/mol. The third-order valence-corrected chi connectivity index (χ3v) is 2.02. The minimum atomic E-state index is 0.253. The van der Waals surface area contributed by atoms with Gasteiger partial charge < -0.3 is 0 Å². The number of aryl methyl sites for hydroxylation is 1. The fourth-order valence-corrected chi connectivity index (χ4v) is 1.26. The van der Waals surface area contributed by atoms with Gasteiger partial charge in [-0.3, -0.25) is 4.98 Å². The first-order chi connectivity index (χ1) is 6.75. The van der Waals surface area contributed by atoms with Crippen LogP contribution in [-0.2, 0) is 0 Å². The summed E-state index contributed by atoms with van der Waals surface area (Å²) in [4.78, 5) is 12.1. The Morgan fingerprint density at radius 1 is 1.14 bits per heavy atom. The standard InChI is InChI=1S/C10H8ClN3/c1-7-2-3-8(6-13-7)9-4-5-12-10(11)14-9/h2-6H,1H3. The summed E-state index contributed by atoms with van der Waals surface area (Å²) in [5.74, 6) is 0. The molecule has 0 bridgehead atoms. The highest BCUT2D eigenvalue weighted by molar-refractivity contribution is 6.28. The van der Waals surface area contributed by atoms with E-state index in [4.69, 9.17) is 11.6 Å². The third kappa shape index (κ3) is 1.88. The molecule has 2 rings (SSSR count). The van der Waals surface area contributed by atoms with Gasteiger partial charge in [-0.2, -0.15) is 0 Å². The lowest BCUT2D eigenvalue weighted by atomic mass is 10.2. The molecular formula is C10H8ClN3. The maximum Gasteiger partial charge on any atom is 0.222 e. The second kappa shape index (κ2) is 3.72. The summed E-state index contributed by atoms with van der Waals surface area (Å²) in [6.07, 6.45) is 3.40. The number of pyridine rings is 1. The molecule has 0 aliphatic rings. The van der Waals surface area contributed by atoms with Gasteiger partial charge in [0.15, 0.2) is 0 Å². The van der Waals surface area contributed by atoms with E-state index in [2.05, 4.69) is 15.0 Å². The fourth-order valence-electron chi connectivity index (χ4n) is 1.12. The van der Waals surface area contributed by atoms with Crippen molar-refractivity contribution in [1.82, 2.24) is 15.0 Å². The van der Waals surface area contributed by atoms with Crippen molar-refractivity contribution in [1.29, 1.82) is 0 Å². The van der Waals surface area contributed by atoms with Crippen molar-refractivity contribution in [2.24, 2.45) is 0 Å². The van der Waals surface area contributed by atoms with Crippen LogP contribution in [0.1, 0.15) is 5.69 Å². The molecule has 0 fully saturated rings. The van der Waals surface area contributed by atoms with Gasteiger partial charge in [-0.05, 0) is 36.7 Å². The molecule has 0 atom stereocenters. The van der Waals surface area contributed by atoms with E-state index in [9.17, 15) is 0 Å². The highest BCUT2D eigenvalue weighted by atomic mass is 35.5. The van der Waals surface area contributed by atoms with Crippen LogP contribution in [-0.4, -0.2) is 15.0 Å². The van der Waals surface area contributed by atoms with Crippen LogP contribution < -0.4 is 0 Å². The Balaban J connectivity index is 2.44. The van der Waals surface area contributed by atoms with Crippen molar-refractivity contribution in [2.45, 2.75) is 6.92 Å². The minimum absolute atomic E-state index is 0.253. The first-order valence-electron chi connectivity index (χ1n) is 4.17. The third-order valence-electron chi connectivity index (χ3n) is 1.83. The Morgan fingerprint density at radius 3 is 2.64 bits per heavy atom. The molecule has 2 aromatic rings. The molecule has 0 saturated heterocycles. The molecule has 0 radical (unpaired) electrons. The van der Waals surface area contributed by atoms with Gasteiger partial charge in [-0.15, -0.1) is 0 Å². The van der Waals surface area contributed by atoms with Crippen LogP contribution in [0.15, 0.2) is 30.6 Å². The van der Waals surface area contributed by atoms with Gasteiger partial charge in [0.05, 0.1) is 5.69 Å². The van der Waals surface area contributed by atoms with Crippen LogP contribution in [0.2, 0.25) is 5.28 Å². The lowest BCUT2D eigenvalue weighted by Crippen LogP contribution is -1.88. The molecule has 0 aliphatic carbocycles. The number of halogens is 1. The zero-order valence-electron chi connectivity index (χ0n) is 7.61. The molecule has 2 heterocycles. The molecule has 0 aliphatic heterocycles. The van der Waals surface area contributed by atoms with E-state index in [1.54, 1.807) is 18.5 Å². The second-order valence-electron chi connectivity index (χ2n) is 2.90. The van der Waals surface area contributed by atoms with E-state index >= 15 is 0 Å². The van der Waals surface area contributed by atoms with Crippen LogP contribution in [0.4, 0.5) is 0 Å². The number of rotatable bonds is 1. The highest BCUT2D eigenvalue weighted by Gasteiger charge is 2.00. The second-order valence-corrected chi connectivity index (χ2v) is 3.24. The summed E-state index contributed by atoms with van der Waals surface area (Å²) in [6.45, 7) is 1.94. The molecule has 0 amide bonds. The fraction of sp³-hybridized carbons (Fsp3) is 0.100. The Bertz CT molecular complexity index is 439. The number of nitrogens with zero attached hydrogens (tertiary/aromatic N) is 3. The molecule has 0 unspecified atom stereocenters. The van der Waals surface area contributed by atoms with Crippen molar-refractivity contribution in [2.75, 3.05) is 0 Å². The van der Waals surface area contributed by atoms with Crippen molar-refractivity contribution in [3.8, 4) is 11.3 Å². The van der Waals surface area contributed by atoms with E-state index in [1.165, 1.54) is 0 Å². The molecule has 3 nitrogen and oxygen atoms in total. The van der Waals surface area contributed by atoms with Crippen LogP contribution in [0.5, 0.6) is 0 Å². The van der Waals surface area contributed by atoms with Gasteiger partial charge in [0.1, 0.15) is 0 Å². The van der Waals surface area contributed by atoms with Crippen molar-refractivity contribution >= 4 is 11.6 Å². The van der Waals surface area contributed by atoms with Crippen molar-refractivity contribution in [3.05, 3.63) is 41.6 Å². The van der Waals surface area contributed by atoms with E-state index in [0.717, 1.165) is 17.0 Å². The maximum absolute atomic E-state index is 5.68. The summed E-state index contributed by atoms with van der Waals surface area (Å²) in [7, 11) is 0. The molecule has 0 N–H and O–H groups in total. The van der Waals surface area contributed by atoms with Crippen LogP contribution in [0.25, 0.3) is 11.3 Å². The zero-order valence-corrected chi connectivity index (χ0v) is 8.36. The molecule has 70 valence electrons. The van der Waals surface area contributed by atoms with E-state index in [1.807, 2.05) is 19.1 Å². The summed E-state index contributed by atoms with van der Waals surface area (Å²) in [5, 5.41) is 0.253. The van der Waals surface area contributed by atoms with Gasteiger partial charge in [0.25, 0.3) is 0 Å². The van der Waals surface area contributed by atoms with Crippen molar-refractivity contribution < 1.29 is 0 Å². The largest absolute Gasteiger partial charge is 0.261 e. The number of aromatic nitrogens is 3. The van der Waals surface area contributed by atoms with Crippen molar-refractivity contribution in [3.63, 3.8) is 0 Å². The molecule has 0 aromatic carbocycles. The summed E-state index contributed by atoms with van der Waals surface area (Å²) in [6, 6.07) is 5.70. The smallest absolute Gasteiger partial charge is 0.222 e. The Labute approximate surface area is 86.8 Å². The predicted molar refractivity (Wildman–Crippen MR) is 55.0 cm³/mol. The first-order valence-corrected chi connectivity index (χ1v) is 4.55. The first kappa shape index (κ1) is 9.09. The van der Waals surface area contributed by atoms with Crippen LogP contribution >= 0.6 is 11.6 Å². The molecule has 14 heavy (non-hydrogen) atoms. The highest BCUT2D eigenvalue weighted by Crippen LogP contribution is 2.16. The summed E-state index contributed by atoms with van der Waals surface area (Å²) in [5.41, 5.74) is 2.71. The average Bonchev–Trinajstić information content (AvgIpc) is 2.19. The van der Waals surface area contributed by atoms with Gasteiger partial charge in [0, 0.05) is 23.7 Å². The molecule has 0 spiro atoms. The van der Waals surface area contributed by atoms with Gasteiger partial charge in [-0.25, -0.2) is 9.97 Å². The number of hydrogen-bond acceptors (Lipinski definition) is 3. The molecule has 4 heteroatoms. The Morgan fingerprint density at radius 2 is 2.00 bits per heavy atom. The quantitative estimate of drug-likeness (QED) is 0.672.